The first kappa shape index (κ1) is 16.5. The Morgan fingerprint density at radius 2 is 1.95 bits per heavy atom. The van der Waals surface area contributed by atoms with E-state index in [-0.39, 0.29) is 17.3 Å². The molecule has 7 heteroatoms. The summed E-state index contributed by atoms with van der Waals surface area (Å²) >= 11 is 0. The van der Waals surface area contributed by atoms with E-state index >= 15 is 0 Å². The summed E-state index contributed by atoms with van der Waals surface area (Å²) in [4.78, 5) is 13.7. The number of nitrogens with zero attached hydrogens (tertiary/aromatic N) is 1. The van der Waals surface area contributed by atoms with Gasteiger partial charge in [0.1, 0.15) is 5.60 Å². The standard InChI is InChI=1S/C14H26N2O4S/c1-14(2,3)20-13(17)16-8-4-5-11(10-16)9-15-21(18,19)12-6-7-12/h11-12,15H,4-10H2,1-3H3/t11-/m1/s1. The molecular formula is C14H26N2O4S. The second kappa shape index (κ2) is 6.12. The highest BCUT2D eigenvalue weighted by Crippen LogP contribution is 2.27. The average molecular weight is 318 g/mol. The molecule has 0 bridgehead atoms. The minimum absolute atomic E-state index is 0.166. The molecule has 1 saturated carbocycles. The number of hydrogen-bond acceptors (Lipinski definition) is 4. The summed E-state index contributed by atoms with van der Waals surface area (Å²) in [5.74, 6) is 0.166. The number of nitrogens with one attached hydrogen (secondary N) is 1. The monoisotopic (exact) mass is 318 g/mol. The maximum Gasteiger partial charge on any atom is 0.410 e. The van der Waals surface area contributed by atoms with E-state index in [9.17, 15) is 13.2 Å². The van der Waals surface area contributed by atoms with Crippen molar-refractivity contribution in [1.29, 1.82) is 0 Å². The van der Waals surface area contributed by atoms with Gasteiger partial charge < -0.3 is 9.64 Å². The zero-order valence-electron chi connectivity index (χ0n) is 13.1. The van der Waals surface area contributed by atoms with Crippen LogP contribution >= 0.6 is 0 Å². The summed E-state index contributed by atoms with van der Waals surface area (Å²) in [5.41, 5.74) is -0.502. The van der Waals surface area contributed by atoms with E-state index in [2.05, 4.69) is 4.72 Å². The first-order valence-corrected chi connectivity index (χ1v) is 9.18. The van der Waals surface area contributed by atoms with Crippen LogP contribution in [0.4, 0.5) is 4.79 Å². The Balaban J connectivity index is 1.81. The number of carbonyl (C=O) groups excluding carboxylic acids is 1. The van der Waals surface area contributed by atoms with Gasteiger partial charge in [-0.15, -0.1) is 0 Å². The van der Waals surface area contributed by atoms with Gasteiger partial charge in [-0.25, -0.2) is 17.9 Å². The third-order valence-corrected chi connectivity index (χ3v) is 5.63. The molecule has 1 aliphatic carbocycles. The molecule has 21 heavy (non-hydrogen) atoms. The van der Waals surface area contributed by atoms with E-state index in [4.69, 9.17) is 4.74 Å². The summed E-state index contributed by atoms with van der Waals surface area (Å²) in [6.45, 7) is 7.18. The molecule has 0 unspecified atom stereocenters. The lowest BCUT2D eigenvalue weighted by Crippen LogP contribution is -2.45. The molecule has 0 spiro atoms. The molecule has 0 aromatic rings. The Bertz CT molecular complexity index is 480. The van der Waals surface area contributed by atoms with Crippen molar-refractivity contribution in [2.45, 2.75) is 57.3 Å². The van der Waals surface area contributed by atoms with Gasteiger partial charge in [-0.2, -0.15) is 0 Å². The Morgan fingerprint density at radius 3 is 2.52 bits per heavy atom. The first-order valence-electron chi connectivity index (χ1n) is 7.64. The Labute approximate surface area is 127 Å². The zero-order valence-corrected chi connectivity index (χ0v) is 13.9. The molecule has 1 saturated heterocycles. The molecule has 1 heterocycles. The van der Waals surface area contributed by atoms with Crippen LogP contribution < -0.4 is 4.72 Å². The fourth-order valence-electron chi connectivity index (χ4n) is 2.45. The van der Waals surface area contributed by atoms with E-state index in [1.54, 1.807) is 4.90 Å². The molecule has 122 valence electrons. The SMILES string of the molecule is CC(C)(C)OC(=O)N1CCC[C@H](CNS(=O)(=O)C2CC2)C1. The van der Waals surface area contributed by atoms with Crippen LogP contribution in [0.1, 0.15) is 46.5 Å². The summed E-state index contributed by atoms with van der Waals surface area (Å²) in [7, 11) is -3.14. The third-order valence-electron chi connectivity index (χ3n) is 3.71. The van der Waals surface area contributed by atoms with Gasteiger partial charge in [0.25, 0.3) is 0 Å². The number of amides is 1. The Hall–Kier alpha value is -0.820. The average Bonchev–Trinajstić information content (AvgIpc) is 3.19. The van der Waals surface area contributed by atoms with Crippen molar-refractivity contribution in [3.8, 4) is 0 Å². The van der Waals surface area contributed by atoms with Crippen molar-refractivity contribution in [1.82, 2.24) is 9.62 Å². The van der Waals surface area contributed by atoms with Crippen LogP contribution in [0.5, 0.6) is 0 Å². The normalized spacial score (nSPS) is 24.0. The quantitative estimate of drug-likeness (QED) is 0.856. The summed E-state index contributed by atoms with van der Waals surface area (Å²) in [6, 6.07) is 0. The van der Waals surface area contributed by atoms with Crippen LogP contribution in [0.3, 0.4) is 0 Å². The molecule has 2 fully saturated rings. The highest BCUT2D eigenvalue weighted by molar-refractivity contribution is 7.90. The molecule has 0 aromatic heterocycles. The van der Waals surface area contributed by atoms with Crippen LogP contribution in [-0.2, 0) is 14.8 Å². The smallest absolute Gasteiger partial charge is 0.410 e. The number of carbonyl (C=O) groups is 1. The molecule has 1 atom stereocenters. The summed E-state index contributed by atoms with van der Waals surface area (Å²) in [6.07, 6.45) is 3.05. The minimum Gasteiger partial charge on any atom is -0.444 e. The molecule has 0 radical (unpaired) electrons. The number of hydrogen-bond donors (Lipinski definition) is 1. The van der Waals surface area contributed by atoms with Crippen molar-refractivity contribution in [2.24, 2.45) is 5.92 Å². The van der Waals surface area contributed by atoms with Gasteiger partial charge in [0, 0.05) is 19.6 Å². The maximum atomic E-state index is 12.0. The highest BCUT2D eigenvalue weighted by Gasteiger charge is 2.36. The molecular weight excluding hydrogens is 292 g/mol. The number of ether oxygens (including phenoxy) is 1. The van der Waals surface area contributed by atoms with Crippen molar-refractivity contribution in [2.75, 3.05) is 19.6 Å². The summed E-state index contributed by atoms with van der Waals surface area (Å²) < 4.78 is 31.7. The van der Waals surface area contributed by atoms with Crippen LogP contribution in [-0.4, -0.2) is 49.9 Å². The molecule has 2 rings (SSSR count). The van der Waals surface area contributed by atoms with Gasteiger partial charge in [-0.3, -0.25) is 0 Å². The number of rotatable bonds is 4. The molecule has 0 aromatic carbocycles. The van der Waals surface area contributed by atoms with Crippen LogP contribution in [0, 0.1) is 5.92 Å². The lowest BCUT2D eigenvalue weighted by molar-refractivity contribution is 0.0169. The molecule has 2 aliphatic rings. The van der Waals surface area contributed by atoms with Crippen molar-refractivity contribution >= 4 is 16.1 Å². The lowest BCUT2D eigenvalue weighted by Gasteiger charge is -2.34. The predicted octanol–water partition coefficient (Wildman–Crippen LogP) is 1.72. The van der Waals surface area contributed by atoms with Gasteiger partial charge in [-0.1, -0.05) is 0 Å². The highest BCUT2D eigenvalue weighted by atomic mass is 32.2. The van der Waals surface area contributed by atoms with Crippen molar-refractivity contribution < 1.29 is 17.9 Å². The molecule has 1 aliphatic heterocycles. The zero-order chi connectivity index (χ0) is 15.7. The maximum absolute atomic E-state index is 12.0. The third kappa shape index (κ3) is 5.14. The fourth-order valence-corrected chi connectivity index (χ4v) is 3.91. The molecule has 1 amide bonds. The topological polar surface area (TPSA) is 75.7 Å². The van der Waals surface area contributed by atoms with Crippen LogP contribution in [0.2, 0.25) is 0 Å². The van der Waals surface area contributed by atoms with E-state index < -0.39 is 15.6 Å². The van der Waals surface area contributed by atoms with Crippen LogP contribution in [0.15, 0.2) is 0 Å². The van der Waals surface area contributed by atoms with Gasteiger partial charge in [0.15, 0.2) is 0 Å². The van der Waals surface area contributed by atoms with Gasteiger partial charge >= 0.3 is 6.09 Å². The van der Waals surface area contributed by atoms with Gasteiger partial charge in [0.05, 0.1) is 5.25 Å². The fraction of sp³-hybridized carbons (Fsp3) is 0.929. The van der Waals surface area contributed by atoms with Crippen molar-refractivity contribution in [3.05, 3.63) is 0 Å². The van der Waals surface area contributed by atoms with E-state index in [0.29, 0.717) is 19.6 Å². The predicted molar refractivity (Wildman–Crippen MR) is 80.5 cm³/mol. The Kier molecular flexibility index (Phi) is 4.82. The van der Waals surface area contributed by atoms with Gasteiger partial charge in [-0.05, 0) is 52.4 Å². The lowest BCUT2D eigenvalue weighted by atomic mass is 9.99. The van der Waals surface area contributed by atoms with E-state index in [0.717, 1.165) is 25.7 Å². The molecule has 6 nitrogen and oxygen atoms in total. The van der Waals surface area contributed by atoms with Crippen molar-refractivity contribution in [3.63, 3.8) is 0 Å². The Morgan fingerprint density at radius 1 is 1.29 bits per heavy atom. The number of sulfonamides is 1. The largest absolute Gasteiger partial charge is 0.444 e. The second-order valence-corrected chi connectivity index (χ2v) is 9.07. The van der Waals surface area contributed by atoms with E-state index in [1.165, 1.54) is 0 Å². The first-order chi connectivity index (χ1) is 9.67. The summed E-state index contributed by atoms with van der Waals surface area (Å²) in [5, 5.41) is -0.192. The second-order valence-electron chi connectivity index (χ2n) is 7.03. The van der Waals surface area contributed by atoms with Crippen LogP contribution in [0.25, 0.3) is 0 Å². The minimum atomic E-state index is -3.14. The van der Waals surface area contributed by atoms with Gasteiger partial charge in [0.2, 0.25) is 10.0 Å². The number of piperidine rings is 1. The number of likely N-dealkylation sites (tertiary alicyclic amines) is 1. The van der Waals surface area contributed by atoms with E-state index in [1.807, 2.05) is 20.8 Å². The molecule has 1 N–H and O–H groups in total.